The highest BCUT2D eigenvalue weighted by Gasteiger charge is 2.53. The predicted molar refractivity (Wildman–Crippen MR) is 152 cm³/mol. The van der Waals surface area contributed by atoms with Crippen LogP contribution in [0.15, 0.2) is 12.0 Å². The van der Waals surface area contributed by atoms with Gasteiger partial charge in [0.05, 0.1) is 67.6 Å². The lowest BCUT2D eigenvalue weighted by Gasteiger charge is -2.47. The van der Waals surface area contributed by atoms with Crippen molar-refractivity contribution in [3.63, 3.8) is 0 Å². The number of hydrogen-bond acceptors (Lipinski definition) is 14. The molecule has 7 rings (SSSR count). The van der Waals surface area contributed by atoms with Crippen LogP contribution in [0.1, 0.15) is 25.7 Å². The molecule has 6 aliphatic heterocycles. The fourth-order valence-electron chi connectivity index (χ4n) is 7.41. The summed E-state index contributed by atoms with van der Waals surface area (Å²) in [5, 5.41) is 20.2. The number of ketones is 1. The molecule has 7 aliphatic rings. The Bertz CT molecular complexity index is 1050. The van der Waals surface area contributed by atoms with Gasteiger partial charge in [0.25, 0.3) is 0 Å². The van der Waals surface area contributed by atoms with E-state index in [1.54, 1.807) is 17.8 Å². The Balaban J connectivity index is 1.01. The molecular weight excluding hydrogens is 564 g/mol. The second-order valence-electron chi connectivity index (χ2n) is 12.3. The molecule has 9 unspecified atom stereocenters. The number of thioether (sulfide) groups is 1. The monoisotopic (exact) mass is 609 g/mol. The topological polar surface area (TPSA) is 194 Å². The van der Waals surface area contributed by atoms with Crippen molar-refractivity contribution in [3.8, 4) is 0 Å². The van der Waals surface area contributed by atoms with Crippen LogP contribution in [0.4, 0.5) is 0 Å². The average Bonchev–Trinajstić information content (AvgIpc) is 3.75. The minimum absolute atomic E-state index is 0.00219. The number of nitrogens with two attached hydrogens (primary N) is 1. The van der Waals surface area contributed by atoms with Gasteiger partial charge in [0, 0.05) is 38.0 Å². The number of primary amides is 1. The van der Waals surface area contributed by atoms with Crippen molar-refractivity contribution in [2.45, 2.75) is 79.3 Å². The summed E-state index contributed by atoms with van der Waals surface area (Å²) in [7, 11) is 0. The van der Waals surface area contributed by atoms with E-state index in [4.69, 9.17) is 19.9 Å². The lowest BCUT2D eigenvalue weighted by Crippen LogP contribution is -2.79. The summed E-state index contributed by atoms with van der Waals surface area (Å²) in [5.41, 5.74) is 13.7. The number of carbonyl (C=O) groups excluding carboxylic acids is 2. The van der Waals surface area contributed by atoms with Gasteiger partial charge in [-0.2, -0.15) is 5.01 Å². The molecule has 0 radical (unpaired) electrons. The molecule has 11 N–H and O–H groups in total. The third-order valence-corrected chi connectivity index (χ3v) is 11.1. The molecule has 5 saturated heterocycles. The Morgan fingerprint density at radius 3 is 2.81 bits per heavy atom. The van der Waals surface area contributed by atoms with Crippen LogP contribution in [-0.2, 0) is 23.8 Å². The van der Waals surface area contributed by atoms with E-state index in [1.807, 2.05) is 5.01 Å². The summed E-state index contributed by atoms with van der Waals surface area (Å²) in [6.45, 7) is 4.34. The fraction of sp³-hybridized carbons (Fsp3) is 0.846. The van der Waals surface area contributed by atoms with Crippen LogP contribution >= 0.6 is 11.8 Å². The highest BCUT2D eigenvalue weighted by atomic mass is 32.2. The van der Waals surface area contributed by atoms with Crippen molar-refractivity contribution in [1.82, 2.24) is 41.9 Å². The zero-order valence-corrected chi connectivity index (χ0v) is 24.7. The van der Waals surface area contributed by atoms with E-state index in [9.17, 15) is 9.59 Å². The van der Waals surface area contributed by atoms with E-state index < -0.39 is 12.0 Å². The number of rotatable bonds is 7. The Hall–Kier alpha value is -1.57. The van der Waals surface area contributed by atoms with Gasteiger partial charge in [-0.05, 0) is 12.8 Å². The van der Waals surface area contributed by atoms with Crippen molar-refractivity contribution >= 4 is 23.5 Å². The highest BCUT2D eigenvalue weighted by molar-refractivity contribution is 8.00. The molecule has 0 bridgehead atoms. The van der Waals surface area contributed by atoms with Gasteiger partial charge in [0.2, 0.25) is 5.91 Å². The first-order chi connectivity index (χ1) is 20.5. The number of hydrogen-bond donors (Lipinski definition) is 8. The van der Waals surface area contributed by atoms with Gasteiger partial charge < -0.3 is 35.9 Å². The first-order valence-electron chi connectivity index (χ1n) is 15.4. The molecular formula is C26H45N10O5S+. The minimum atomic E-state index is -0.580. The molecule has 0 spiro atoms. The van der Waals surface area contributed by atoms with E-state index in [2.05, 4.69) is 42.6 Å². The lowest BCUT2D eigenvalue weighted by atomic mass is 9.91. The van der Waals surface area contributed by atoms with Crippen LogP contribution in [-0.4, -0.2) is 121 Å². The number of morpholine rings is 1. The van der Waals surface area contributed by atoms with E-state index >= 15 is 0 Å². The molecule has 6 heterocycles. The van der Waals surface area contributed by atoms with Crippen LogP contribution in [0.25, 0.3) is 0 Å². The molecule has 1 amide bonds. The molecule has 1 aliphatic carbocycles. The van der Waals surface area contributed by atoms with Crippen molar-refractivity contribution in [3.05, 3.63) is 12.0 Å². The van der Waals surface area contributed by atoms with Crippen molar-refractivity contribution in [2.75, 3.05) is 46.1 Å². The average molecular weight is 610 g/mol. The summed E-state index contributed by atoms with van der Waals surface area (Å²) < 4.78 is 17.9. The first kappa shape index (κ1) is 29.2. The van der Waals surface area contributed by atoms with Crippen LogP contribution in [0.3, 0.4) is 0 Å². The van der Waals surface area contributed by atoms with Gasteiger partial charge >= 0.3 is 0 Å². The highest BCUT2D eigenvalue weighted by Crippen LogP contribution is 2.39. The van der Waals surface area contributed by atoms with E-state index in [0.717, 1.165) is 12.8 Å². The van der Waals surface area contributed by atoms with E-state index in [0.29, 0.717) is 64.1 Å². The van der Waals surface area contributed by atoms with Gasteiger partial charge in [-0.3, -0.25) is 30.9 Å². The van der Waals surface area contributed by atoms with Gasteiger partial charge in [0.15, 0.2) is 17.8 Å². The van der Waals surface area contributed by atoms with Crippen LogP contribution in [0.2, 0.25) is 0 Å². The maximum atomic E-state index is 12.9. The molecule has 0 aromatic heterocycles. The van der Waals surface area contributed by atoms with E-state index in [-0.39, 0.29) is 53.1 Å². The quantitative estimate of drug-likeness (QED) is 0.139. The Labute approximate surface area is 249 Å². The molecule has 6 fully saturated rings. The lowest BCUT2D eigenvalue weighted by molar-refractivity contribution is -0.431. The molecule has 0 aromatic rings. The number of ether oxygens (including phenoxy) is 3. The number of carbonyl (C=O) groups is 2. The second kappa shape index (κ2) is 12.4. The number of quaternary nitrogens is 1. The molecule has 16 heteroatoms. The number of fused-ring (bicyclic) bond motifs is 2. The smallest absolute Gasteiger partial charge is 0.226 e. The Kier molecular flexibility index (Phi) is 8.63. The van der Waals surface area contributed by atoms with Gasteiger partial charge in [0.1, 0.15) is 12.4 Å². The summed E-state index contributed by atoms with van der Waals surface area (Å²) in [5.74, 6) is -0.283. The first-order valence-corrected chi connectivity index (χ1v) is 16.3. The second-order valence-corrected chi connectivity index (χ2v) is 13.6. The third kappa shape index (κ3) is 5.67. The van der Waals surface area contributed by atoms with E-state index in [1.165, 1.54) is 12.8 Å². The van der Waals surface area contributed by atoms with Crippen molar-refractivity contribution in [1.29, 1.82) is 0 Å². The number of amides is 1. The molecule has 234 valence electrons. The van der Waals surface area contributed by atoms with Crippen LogP contribution < -0.4 is 43.5 Å². The predicted octanol–water partition coefficient (Wildman–Crippen LogP) is -4.13. The van der Waals surface area contributed by atoms with Crippen molar-refractivity contribution < 1.29 is 29.5 Å². The third-order valence-electron chi connectivity index (χ3n) is 9.68. The Morgan fingerprint density at radius 2 is 2.00 bits per heavy atom. The van der Waals surface area contributed by atoms with Crippen LogP contribution in [0, 0.1) is 11.8 Å². The zero-order chi connectivity index (χ0) is 28.8. The normalized spacial score (nSPS) is 44.4. The summed E-state index contributed by atoms with van der Waals surface area (Å²) in [4.78, 5) is 27.8. The number of nitrogens with zero attached hydrogens (tertiary/aromatic N) is 2. The van der Waals surface area contributed by atoms with Crippen molar-refractivity contribution in [2.24, 2.45) is 17.6 Å². The molecule has 42 heavy (non-hydrogen) atoms. The minimum Gasteiger partial charge on any atom is -0.472 e. The standard InChI is InChI=1S/C26H44N10O5S/c27-14-3-1-2-4-15(14)32-26-34-23(19(22(28)38)24-30-12-31-36(24)26)33-17-10-29-25(42-17)13-11-40-21-16(37)9-18(41-20(13)21)35-5-7-39-8-6-35/h9,13-15,17,19-21,23-26,29-34H,1-8,10-12,27H2,(H2,28,38)/p+1/t13?,14-,15+,17?,19?,20?,21?,23?,24?,25?,26?/m1/s1. The molecule has 0 aromatic carbocycles. The number of nitrogens with one attached hydrogen (secondary N) is 6. The van der Waals surface area contributed by atoms with Gasteiger partial charge in [-0.1, -0.05) is 6.42 Å². The SMILES string of the molecule is NC(=O)C1C(NC2CNC(C3COC4C(=O)C=C(N5CCOCC5)OC43)S2)NC(N[C@H]2CCCC[C@H]2[NH3+])N2NCNC12. The summed E-state index contributed by atoms with van der Waals surface area (Å²) in [6.07, 6.45) is 4.45. The molecule has 15 nitrogen and oxygen atoms in total. The van der Waals surface area contributed by atoms with Gasteiger partial charge in [-0.15, -0.1) is 11.8 Å². The maximum absolute atomic E-state index is 12.9. The fourth-order valence-corrected chi connectivity index (χ4v) is 8.81. The number of hydrazine groups is 1. The zero-order valence-electron chi connectivity index (χ0n) is 23.8. The molecule has 1 saturated carbocycles. The Morgan fingerprint density at radius 1 is 1.17 bits per heavy atom. The summed E-state index contributed by atoms with van der Waals surface area (Å²) in [6, 6.07) is 0.636. The van der Waals surface area contributed by atoms with Crippen LogP contribution in [0.5, 0.6) is 0 Å². The maximum Gasteiger partial charge on any atom is 0.226 e. The molecule has 11 atom stereocenters. The van der Waals surface area contributed by atoms with Gasteiger partial charge in [-0.25, -0.2) is 5.43 Å². The largest absolute Gasteiger partial charge is 0.472 e. The summed E-state index contributed by atoms with van der Waals surface area (Å²) >= 11 is 1.75.